The van der Waals surface area contributed by atoms with Gasteiger partial charge in [-0.2, -0.15) is 0 Å². The van der Waals surface area contributed by atoms with E-state index in [9.17, 15) is 0 Å². The van der Waals surface area contributed by atoms with E-state index in [1.54, 1.807) is 7.11 Å². The first-order valence-electron chi connectivity index (χ1n) is 7.18. The molecular formula is C16H24ClNO. The maximum absolute atomic E-state index is 6.43. The summed E-state index contributed by atoms with van der Waals surface area (Å²) in [7, 11) is 1.73. The second-order valence-electron chi connectivity index (χ2n) is 5.75. The molecule has 1 aromatic rings. The first kappa shape index (κ1) is 14.7. The Balaban J connectivity index is 2.19. The molecule has 0 bridgehead atoms. The Bertz CT molecular complexity index is 425. The van der Waals surface area contributed by atoms with Gasteiger partial charge in [0.05, 0.1) is 7.11 Å². The molecule has 0 amide bonds. The van der Waals surface area contributed by atoms with Crippen LogP contribution in [-0.2, 0) is 6.42 Å². The molecule has 0 saturated carbocycles. The topological polar surface area (TPSA) is 21.3 Å². The minimum Gasteiger partial charge on any atom is -0.496 e. The highest BCUT2D eigenvalue weighted by Gasteiger charge is 2.17. The van der Waals surface area contributed by atoms with Crippen LogP contribution in [0.3, 0.4) is 0 Å². The summed E-state index contributed by atoms with van der Waals surface area (Å²) in [6.45, 7) is 6.58. The van der Waals surface area contributed by atoms with E-state index in [-0.39, 0.29) is 0 Å². The minimum atomic E-state index is 0.385. The predicted octanol–water partition coefficient (Wildman–Crippen LogP) is 4.01. The molecular weight excluding hydrogens is 258 g/mol. The van der Waals surface area contributed by atoms with E-state index in [1.807, 2.05) is 0 Å². The fourth-order valence-corrected chi connectivity index (χ4v) is 3.36. The third kappa shape index (κ3) is 3.64. The van der Waals surface area contributed by atoms with Gasteiger partial charge in [-0.3, -0.25) is 0 Å². The van der Waals surface area contributed by atoms with E-state index in [1.165, 1.54) is 18.4 Å². The quantitative estimate of drug-likeness (QED) is 0.900. The highest BCUT2D eigenvalue weighted by molar-refractivity contribution is 6.31. The van der Waals surface area contributed by atoms with Crippen molar-refractivity contribution in [2.24, 2.45) is 5.92 Å². The van der Waals surface area contributed by atoms with Gasteiger partial charge in [-0.1, -0.05) is 25.4 Å². The van der Waals surface area contributed by atoms with Crippen molar-refractivity contribution in [3.63, 3.8) is 0 Å². The van der Waals surface area contributed by atoms with Crippen molar-refractivity contribution in [3.8, 4) is 5.75 Å². The Hall–Kier alpha value is -0.730. The van der Waals surface area contributed by atoms with Gasteiger partial charge in [0.1, 0.15) is 5.75 Å². The summed E-state index contributed by atoms with van der Waals surface area (Å²) < 4.78 is 5.52. The van der Waals surface area contributed by atoms with Crippen molar-refractivity contribution in [1.29, 1.82) is 0 Å². The van der Waals surface area contributed by atoms with Crippen LogP contribution in [0.1, 0.15) is 43.7 Å². The number of halogens is 1. The second kappa shape index (κ2) is 6.62. The molecule has 2 rings (SSSR count). The van der Waals surface area contributed by atoms with E-state index >= 15 is 0 Å². The lowest BCUT2D eigenvalue weighted by Gasteiger charge is -2.23. The Morgan fingerprint density at radius 2 is 2.00 bits per heavy atom. The standard InChI is InChI=1S/C16H24ClNO/c1-11(2)16-14(17)9-13(10-15(16)19-3)8-12-4-6-18-7-5-12/h9-12,18H,4-8H2,1-3H3. The van der Waals surface area contributed by atoms with Crippen LogP contribution in [0.25, 0.3) is 0 Å². The molecule has 0 aliphatic carbocycles. The van der Waals surface area contributed by atoms with Gasteiger partial charge < -0.3 is 10.1 Å². The van der Waals surface area contributed by atoms with Crippen molar-refractivity contribution in [3.05, 3.63) is 28.3 Å². The molecule has 0 spiro atoms. The fraction of sp³-hybridized carbons (Fsp3) is 0.625. The van der Waals surface area contributed by atoms with Crippen LogP contribution in [-0.4, -0.2) is 20.2 Å². The summed E-state index contributed by atoms with van der Waals surface area (Å²) in [6, 6.07) is 4.30. The van der Waals surface area contributed by atoms with Gasteiger partial charge in [-0.25, -0.2) is 0 Å². The van der Waals surface area contributed by atoms with Crippen molar-refractivity contribution in [1.82, 2.24) is 5.32 Å². The molecule has 0 unspecified atom stereocenters. The highest BCUT2D eigenvalue weighted by atomic mass is 35.5. The van der Waals surface area contributed by atoms with Crippen LogP contribution in [0.5, 0.6) is 5.75 Å². The predicted molar refractivity (Wildman–Crippen MR) is 81.4 cm³/mol. The SMILES string of the molecule is COc1cc(CC2CCNCC2)cc(Cl)c1C(C)C. The summed E-state index contributed by atoms with van der Waals surface area (Å²) in [6.07, 6.45) is 3.62. The molecule has 0 radical (unpaired) electrons. The van der Waals surface area contributed by atoms with Crippen LogP contribution in [0, 0.1) is 5.92 Å². The van der Waals surface area contributed by atoms with E-state index < -0.39 is 0 Å². The van der Waals surface area contributed by atoms with Gasteiger partial charge in [0.15, 0.2) is 0 Å². The molecule has 1 saturated heterocycles. The van der Waals surface area contributed by atoms with Gasteiger partial charge in [-0.05, 0) is 61.9 Å². The third-order valence-electron chi connectivity index (χ3n) is 3.93. The number of rotatable bonds is 4. The fourth-order valence-electron chi connectivity index (χ4n) is 2.91. The summed E-state index contributed by atoms with van der Waals surface area (Å²) in [4.78, 5) is 0. The van der Waals surface area contributed by atoms with Gasteiger partial charge in [0, 0.05) is 10.6 Å². The number of piperidine rings is 1. The van der Waals surface area contributed by atoms with E-state index in [2.05, 4.69) is 31.3 Å². The van der Waals surface area contributed by atoms with Crippen LogP contribution in [0.4, 0.5) is 0 Å². The lowest BCUT2D eigenvalue weighted by molar-refractivity contribution is 0.371. The molecule has 106 valence electrons. The van der Waals surface area contributed by atoms with E-state index in [0.29, 0.717) is 5.92 Å². The molecule has 1 heterocycles. The number of hydrogen-bond acceptors (Lipinski definition) is 2. The van der Waals surface area contributed by atoms with Crippen molar-refractivity contribution in [2.45, 2.75) is 39.0 Å². The van der Waals surface area contributed by atoms with Crippen LogP contribution in [0.15, 0.2) is 12.1 Å². The number of methoxy groups -OCH3 is 1. The first-order valence-corrected chi connectivity index (χ1v) is 7.56. The molecule has 19 heavy (non-hydrogen) atoms. The number of benzene rings is 1. The van der Waals surface area contributed by atoms with E-state index in [4.69, 9.17) is 16.3 Å². The van der Waals surface area contributed by atoms with Gasteiger partial charge in [-0.15, -0.1) is 0 Å². The Morgan fingerprint density at radius 3 is 2.58 bits per heavy atom. The molecule has 1 fully saturated rings. The minimum absolute atomic E-state index is 0.385. The third-order valence-corrected chi connectivity index (χ3v) is 4.24. The second-order valence-corrected chi connectivity index (χ2v) is 6.15. The van der Waals surface area contributed by atoms with Gasteiger partial charge in [0.2, 0.25) is 0 Å². The van der Waals surface area contributed by atoms with Gasteiger partial charge >= 0.3 is 0 Å². The maximum Gasteiger partial charge on any atom is 0.124 e. The molecule has 1 aliphatic rings. The van der Waals surface area contributed by atoms with Crippen molar-refractivity contribution < 1.29 is 4.74 Å². The number of hydrogen-bond donors (Lipinski definition) is 1. The maximum atomic E-state index is 6.43. The van der Waals surface area contributed by atoms with Crippen molar-refractivity contribution in [2.75, 3.05) is 20.2 Å². The molecule has 0 atom stereocenters. The molecule has 3 heteroatoms. The summed E-state index contributed by atoms with van der Waals surface area (Å²) in [5.74, 6) is 2.09. The zero-order chi connectivity index (χ0) is 13.8. The lowest BCUT2D eigenvalue weighted by atomic mass is 9.89. The number of ether oxygens (including phenoxy) is 1. The van der Waals surface area contributed by atoms with Crippen LogP contribution >= 0.6 is 11.6 Å². The molecule has 1 aliphatic heterocycles. The zero-order valence-corrected chi connectivity index (χ0v) is 12.9. The molecule has 0 aromatic heterocycles. The monoisotopic (exact) mass is 281 g/mol. The Morgan fingerprint density at radius 1 is 1.32 bits per heavy atom. The van der Waals surface area contributed by atoms with E-state index in [0.717, 1.165) is 41.8 Å². The molecule has 1 aromatic carbocycles. The molecule has 2 nitrogen and oxygen atoms in total. The summed E-state index contributed by atoms with van der Waals surface area (Å²) in [5, 5.41) is 4.25. The summed E-state index contributed by atoms with van der Waals surface area (Å²) in [5.41, 5.74) is 2.43. The zero-order valence-electron chi connectivity index (χ0n) is 12.1. The van der Waals surface area contributed by atoms with Gasteiger partial charge in [0.25, 0.3) is 0 Å². The normalized spacial score (nSPS) is 16.9. The largest absolute Gasteiger partial charge is 0.496 e. The highest BCUT2D eigenvalue weighted by Crippen LogP contribution is 2.35. The summed E-state index contributed by atoms with van der Waals surface area (Å²) >= 11 is 6.43. The Kier molecular flexibility index (Phi) is 5.12. The Labute approximate surface area is 121 Å². The average molecular weight is 282 g/mol. The lowest BCUT2D eigenvalue weighted by Crippen LogP contribution is -2.28. The number of nitrogens with one attached hydrogen (secondary N) is 1. The van der Waals surface area contributed by atoms with Crippen LogP contribution < -0.4 is 10.1 Å². The van der Waals surface area contributed by atoms with Crippen molar-refractivity contribution >= 4 is 11.6 Å². The smallest absolute Gasteiger partial charge is 0.124 e. The molecule has 1 N–H and O–H groups in total. The average Bonchev–Trinajstić information content (AvgIpc) is 2.38. The van der Waals surface area contributed by atoms with Crippen LogP contribution in [0.2, 0.25) is 5.02 Å². The first-order chi connectivity index (χ1) is 9.11.